The number of nitrogens with one attached hydrogen (secondary N) is 2. The Labute approximate surface area is 159 Å². The summed E-state index contributed by atoms with van der Waals surface area (Å²) in [5, 5.41) is 11.3. The van der Waals surface area contributed by atoms with E-state index in [0.717, 1.165) is 62.0 Å². The molecule has 1 amide bonds. The van der Waals surface area contributed by atoms with Crippen LogP contribution in [0.2, 0.25) is 0 Å². The van der Waals surface area contributed by atoms with E-state index in [-0.39, 0.29) is 18.3 Å². The van der Waals surface area contributed by atoms with Gasteiger partial charge in [0.2, 0.25) is 0 Å². The number of nitrogens with zero attached hydrogens (tertiary/aromatic N) is 2. The monoisotopic (exact) mass is 376 g/mol. The van der Waals surface area contributed by atoms with E-state index >= 15 is 0 Å². The Bertz CT molecular complexity index is 826. The molecule has 2 aromatic rings. The van der Waals surface area contributed by atoms with E-state index in [1.54, 1.807) is 0 Å². The highest BCUT2D eigenvalue weighted by Gasteiger charge is 2.29. The number of pyridine rings is 1. The van der Waals surface area contributed by atoms with Gasteiger partial charge in [0, 0.05) is 24.7 Å². The molecule has 2 N–H and O–H groups in total. The minimum Gasteiger partial charge on any atom is -0.348 e. The number of fused-ring (bicyclic) bond motifs is 1. The molecule has 1 fully saturated rings. The lowest BCUT2D eigenvalue weighted by molar-refractivity contribution is 0.0958. The molecule has 0 unspecified atom stereocenters. The van der Waals surface area contributed by atoms with E-state index < -0.39 is 0 Å². The summed E-state index contributed by atoms with van der Waals surface area (Å²) in [6.07, 6.45) is 7.14. The third-order valence-electron chi connectivity index (χ3n) is 4.90. The molecule has 26 heavy (non-hydrogen) atoms. The topological polar surface area (TPSA) is 80.0 Å². The van der Waals surface area contributed by atoms with Crippen molar-refractivity contribution in [3.63, 3.8) is 0 Å². The third-order valence-corrected chi connectivity index (χ3v) is 4.90. The molecule has 0 atom stereocenters. The fraction of sp³-hybridized carbons (Fsp3) is 0.526. The second kappa shape index (κ2) is 8.18. The van der Waals surface area contributed by atoms with Crippen molar-refractivity contribution in [2.24, 2.45) is 0 Å². The van der Waals surface area contributed by atoms with Crippen LogP contribution in [0.3, 0.4) is 0 Å². The van der Waals surface area contributed by atoms with Gasteiger partial charge in [-0.3, -0.25) is 4.79 Å². The van der Waals surface area contributed by atoms with Crippen molar-refractivity contribution < 1.29 is 9.32 Å². The van der Waals surface area contributed by atoms with Crippen molar-refractivity contribution in [1.29, 1.82) is 0 Å². The zero-order chi connectivity index (χ0) is 17.2. The normalized spacial score (nSPS) is 16.9. The van der Waals surface area contributed by atoms with Crippen LogP contribution in [0.1, 0.15) is 60.3 Å². The molecule has 2 aliphatic rings. The Balaban J connectivity index is 0.00000196. The molecular formula is C19H25ClN4O2. The van der Waals surface area contributed by atoms with Gasteiger partial charge in [-0.2, -0.15) is 0 Å². The molecule has 0 bridgehead atoms. The van der Waals surface area contributed by atoms with Crippen molar-refractivity contribution in [1.82, 2.24) is 20.8 Å². The zero-order valence-electron chi connectivity index (χ0n) is 15.0. The highest BCUT2D eigenvalue weighted by Crippen LogP contribution is 2.40. The minimum atomic E-state index is -0.0608. The highest BCUT2D eigenvalue weighted by atomic mass is 35.5. The first-order valence-corrected chi connectivity index (χ1v) is 9.22. The standard InChI is InChI=1S/C19H24N4O2.ClH/c1-2-3-15-17-14(18(24)21-11-12-6-8-20-9-7-12)10-16(13-4-5-13)22-19(17)25-23-15;/h6,10,13,20H,2-5,7-9,11H2,1H3,(H,21,24);1H. The molecule has 7 heteroatoms. The number of carbonyl (C=O) groups is 1. The van der Waals surface area contributed by atoms with Gasteiger partial charge in [0.05, 0.1) is 16.6 Å². The molecule has 0 saturated heterocycles. The third kappa shape index (κ3) is 3.91. The van der Waals surface area contributed by atoms with Crippen LogP contribution in [-0.2, 0) is 6.42 Å². The van der Waals surface area contributed by atoms with Gasteiger partial charge in [-0.1, -0.05) is 30.2 Å². The highest BCUT2D eigenvalue weighted by molar-refractivity contribution is 6.06. The molecule has 0 aromatic carbocycles. The summed E-state index contributed by atoms with van der Waals surface area (Å²) in [7, 11) is 0. The van der Waals surface area contributed by atoms with Crippen LogP contribution in [0.4, 0.5) is 0 Å². The van der Waals surface area contributed by atoms with Crippen LogP contribution in [-0.4, -0.2) is 35.7 Å². The first-order chi connectivity index (χ1) is 12.3. The molecule has 1 aliphatic heterocycles. The largest absolute Gasteiger partial charge is 0.348 e. The van der Waals surface area contributed by atoms with E-state index in [2.05, 4.69) is 33.8 Å². The van der Waals surface area contributed by atoms with Crippen LogP contribution < -0.4 is 10.6 Å². The van der Waals surface area contributed by atoms with Gasteiger partial charge in [-0.05, 0) is 38.3 Å². The Morgan fingerprint density at radius 3 is 2.96 bits per heavy atom. The van der Waals surface area contributed by atoms with E-state index in [0.29, 0.717) is 23.7 Å². The fourth-order valence-electron chi connectivity index (χ4n) is 3.32. The zero-order valence-corrected chi connectivity index (χ0v) is 15.8. The van der Waals surface area contributed by atoms with Gasteiger partial charge in [0.1, 0.15) is 0 Å². The number of hydrogen-bond acceptors (Lipinski definition) is 5. The summed E-state index contributed by atoms with van der Waals surface area (Å²) in [6.45, 7) is 4.54. The van der Waals surface area contributed by atoms with Crippen LogP contribution in [0, 0.1) is 0 Å². The lowest BCUT2D eigenvalue weighted by atomic mass is 10.0. The van der Waals surface area contributed by atoms with Gasteiger partial charge < -0.3 is 15.2 Å². The van der Waals surface area contributed by atoms with Gasteiger partial charge in [0.15, 0.2) is 0 Å². The van der Waals surface area contributed by atoms with Gasteiger partial charge in [-0.25, -0.2) is 4.98 Å². The first-order valence-electron chi connectivity index (χ1n) is 9.22. The molecule has 2 aromatic heterocycles. The molecule has 4 rings (SSSR count). The van der Waals surface area contributed by atoms with Gasteiger partial charge in [0.25, 0.3) is 11.6 Å². The predicted molar refractivity (Wildman–Crippen MR) is 103 cm³/mol. The summed E-state index contributed by atoms with van der Waals surface area (Å²) in [5.74, 6) is 0.400. The molecule has 1 aliphatic carbocycles. The van der Waals surface area contributed by atoms with E-state index in [1.807, 2.05) is 6.07 Å². The van der Waals surface area contributed by atoms with Crippen LogP contribution in [0.5, 0.6) is 0 Å². The van der Waals surface area contributed by atoms with Crippen molar-refractivity contribution in [3.8, 4) is 0 Å². The Morgan fingerprint density at radius 1 is 1.42 bits per heavy atom. The molecule has 140 valence electrons. The van der Waals surface area contributed by atoms with Crippen LogP contribution >= 0.6 is 12.4 Å². The summed E-state index contributed by atoms with van der Waals surface area (Å²) in [5.41, 5.74) is 4.22. The average Bonchev–Trinajstić information content (AvgIpc) is 3.42. The van der Waals surface area contributed by atoms with E-state index in [4.69, 9.17) is 4.52 Å². The molecule has 0 spiro atoms. The smallest absolute Gasteiger partial charge is 0.259 e. The quantitative estimate of drug-likeness (QED) is 0.757. The molecule has 0 radical (unpaired) electrons. The lowest BCUT2D eigenvalue weighted by Gasteiger charge is -2.15. The van der Waals surface area contributed by atoms with Gasteiger partial charge in [-0.15, -0.1) is 12.4 Å². The molecular weight excluding hydrogens is 352 g/mol. The Morgan fingerprint density at radius 2 is 2.27 bits per heavy atom. The van der Waals surface area contributed by atoms with Crippen molar-refractivity contribution in [3.05, 3.63) is 34.7 Å². The maximum Gasteiger partial charge on any atom is 0.259 e. The number of aromatic nitrogens is 2. The van der Waals surface area contributed by atoms with Crippen LogP contribution in [0.25, 0.3) is 11.1 Å². The summed E-state index contributed by atoms with van der Waals surface area (Å²) < 4.78 is 5.44. The van der Waals surface area contributed by atoms with E-state index in [1.165, 1.54) is 5.57 Å². The number of amides is 1. The minimum absolute atomic E-state index is 0. The predicted octanol–water partition coefficient (Wildman–Crippen LogP) is 3.12. The van der Waals surface area contributed by atoms with Crippen molar-refractivity contribution in [2.45, 2.75) is 44.9 Å². The second-order valence-corrected chi connectivity index (χ2v) is 6.93. The first kappa shape index (κ1) is 18.9. The maximum absolute atomic E-state index is 12.9. The number of aryl methyl sites for hydroxylation is 1. The Kier molecular flexibility index (Phi) is 5.94. The van der Waals surface area contributed by atoms with Crippen molar-refractivity contribution >= 4 is 29.4 Å². The number of carbonyl (C=O) groups excluding carboxylic acids is 1. The van der Waals surface area contributed by atoms with E-state index in [9.17, 15) is 4.79 Å². The molecule has 3 heterocycles. The van der Waals surface area contributed by atoms with Crippen LogP contribution in [0.15, 0.2) is 22.2 Å². The molecule has 6 nitrogen and oxygen atoms in total. The Hall–Kier alpha value is -1.92. The summed E-state index contributed by atoms with van der Waals surface area (Å²) >= 11 is 0. The number of halogens is 1. The number of hydrogen-bond donors (Lipinski definition) is 2. The summed E-state index contributed by atoms with van der Waals surface area (Å²) in [6, 6.07) is 1.95. The fourth-order valence-corrected chi connectivity index (χ4v) is 3.32. The average molecular weight is 377 g/mol. The maximum atomic E-state index is 12.9. The summed E-state index contributed by atoms with van der Waals surface area (Å²) in [4.78, 5) is 17.5. The lowest BCUT2D eigenvalue weighted by Crippen LogP contribution is -2.30. The van der Waals surface area contributed by atoms with Gasteiger partial charge >= 0.3 is 0 Å². The SMILES string of the molecule is CCCc1noc2nc(C3CC3)cc(C(=O)NCC3=CCNCC3)c12.Cl. The molecule has 1 saturated carbocycles. The number of rotatable bonds is 6. The second-order valence-electron chi connectivity index (χ2n) is 6.93. The van der Waals surface area contributed by atoms with Crippen molar-refractivity contribution in [2.75, 3.05) is 19.6 Å².